The third-order valence-corrected chi connectivity index (χ3v) is 4.28. The zero-order valence-electron chi connectivity index (χ0n) is 14.7. The summed E-state index contributed by atoms with van der Waals surface area (Å²) in [5, 5.41) is 9.47. The van der Waals surface area contributed by atoms with Crippen LogP contribution in [0.3, 0.4) is 0 Å². The molecule has 0 aliphatic heterocycles. The van der Waals surface area contributed by atoms with Gasteiger partial charge in [-0.3, -0.25) is 4.79 Å². The van der Waals surface area contributed by atoms with Gasteiger partial charge in [-0.05, 0) is 30.2 Å². The number of primary amides is 1. The standard InChI is InChI=1S/C19H22N4O2/c1-4-19(2,3)16-9-14(15(10-20)18(22)23-16)12-5-7-13(8-6-12)25-11-17(21)24/h5-9H,4,11H2,1-3H3,(H2,21,24)(H2,22,23). The van der Waals surface area contributed by atoms with Gasteiger partial charge in [-0.1, -0.05) is 32.9 Å². The number of benzene rings is 1. The van der Waals surface area contributed by atoms with Gasteiger partial charge in [0.15, 0.2) is 6.61 Å². The number of nitrogens with zero attached hydrogens (tertiary/aromatic N) is 2. The summed E-state index contributed by atoms with van der Waals surface area (Å²) in [6.45, 7) is 6.08. The first-order chi connectivity index (χ1) is 11.8. The molecule has 130 valence electrons. The normalized spacial score (nSPS) is 11.0. The van der Waals surface area contributed by atoms with Crippen molar-refractivity contribution in [2.45, 2.75) is 32.6 Å². The predicted molar refractivity (Wildman–Crippen MR) is 96.8 cm³/mol. The Hall–Kier alpha value is -3.07. The summed E-state index contributed by atoms with van der Waals surface area (Å²) >= 11 is 0. The molecule has 1 aromatic heterocycles. The second kappa shape index (κ2) is 7.22. The van der Waals surface area contributed by atoms with Gasteiger partial charge < -0.3 is 16.2 Å². The Balaban J connectivity index is 2.47. The molecule has 0 unspecified atom stereocenters. The van der Waals surface area contributed by atoms with E-state index in [4.69, 9.17) is 16.2 Å². The summed E-state index contributed by atoms with van der Waals surface area (Å²) in [4.78, 5) is 15.2. The van der Waals surface area contributed by atoms with Crippen LogP contribution in [0.5, 0.6) is 5.75 Å². The number of carbonyl (C=O) groups is 1. The van der Waals surface area contributed by atoms with Crippen LogP contribution in [0.4, 0.5) is 5.82 Å². The van der Waals surface area contributed by atoms with E-state index in [1.54, 1.807) is 12.1 Å². The van der Waals surface area contributed by atoms with Gasteiger partial charge in [-0.2, -0.15) is 5.26 Å². The number of carbonyl (C=O) groups excluding carboxylic acids is 1. The van der Waals surface area contributed by atoms with Crippen LogP contribution in [0.1, 0.15) is 38.4 Å². The molecule has 1 aromatic carbocycles. The fraction of sp³-hybridized carbons (Fsp3) is 0.316. The van der Waals surface area contributed by atoms with Gasteiger partial charge in [0.05, 0.1) is 0 Å². The molecule has 6 heteroatoms. The van der Waals surface area contributed by atoms with Crippen LogP contribution < -0.4 is 16.2 Å². The first-order valence-corrected chi connectivity index (χ1v) is 8.01. The van der Waals surface area contributed by atoms with Gasteiger partial charge in [0.25, 0.3) is 5.91 Å². The van der Waals surface area contributed by atoms with Gasteiger partial charge in [-0.25, -0.2) is 4.98 Å². The third kappa shape index (κ3) is 4.07. The van der Waals surface area contributed by atoms with Gasteiger partial charge >= 0.3 is 0 Å². The molecule has 2 rings (SSSR count). The Kier molecular flexibility index (Phi) is 5.28. The van der Waals surface area contributed by atoms with Crippen molar-refractivity contribution in [3.05, 3.63) is 41.6 Å². The van der Waals surface area contributed by atoms with E-state index in [9.17, 15) is 10.1 Å². The molecule has 0 saturated heterocycles. The smallest absolute Gasteiger partial charge is 0.255 e. The Bertz CT molecular complexity index is 821. The van der Waals surface area contributed by atoms with E-state index in [1.165, 1.54) is 0 Å². The quantitative estimate of drug-likeness (QED) is 0.840. The van der Waals surface area contributed by atoms with Crippen LogP contribution >= 0.6 is 0 Å². The number of rotatable bonds is 6. The van der Waals surface area contributed by atoms with E-state index in [0.29, 0.717) is 11.3 Å². The molecule has 25 heavy (non-hydrogen) atoms. The van der Waals surface area contributed by atoms with Crippen LogP contribution in [0.15, 0.2) is 30.3 Å². The Morgan fingerprint density at radius 1 is 1.32 bits per heavy atom. The lowest BCUT2D eigenvalue weighted by Crippen LogP contribution is -2.20. The largest absolute Gasteiger partial charge is 0.484 e. The molecule has 0 saturated carbocycles. The molecule has 0 bridgehead atoms. The molecule has 1 amide bonds. The Morgan fingerprint density at radius 3 is 2.48 bits per heavy atom. The molecule has 0 fully saturated rings. The van der Waals surface area contributed by atoms with Crippen molar-refractivity contribution in [3.8, 4) is 22.9 Å². The monoisotopic (exact) mass is 338 g/mol. The summed E-state index contributed by atoms with van der Waals surface area (Å²) < 4.78 is 5.26. The van der Waals surface area contributed by atoms with E-state index < -0.39 is 5.91 Å². The number of amides is 1. The van der Waals surface area contributed by atoms with Crippen molar-refractivity contribution in [1.82, 2.24) is 4.98 Å². The molecule has 2 aromatic rings. The first kappa shape index (κ1) is 18.3. The molecular weight excluding hydrogens is 316 g/mol. The first-order valence-electron chi connectivity index (χ1n) is 8.01. The van der Waals surface area contributed by atoms with E-state index in [0.717, 1.165) is 23.2 Å². The lowest BCUT2D eigenvalue weighted by atomic mass is 9.84. The summed E-state index contributed by atoms with van der Waals surface area (Å²) in [5.41, 5.74) is 13.7. The average molecular weight is 338 g/mol. The topological polar surface area (TPSA) is 115 Å². The van der Waals surface area contributed by atoms with E-state index >= 15 is 0 Å². The molecule has 6 nitrogen and oxygen atoms in total. The number of anilines is 1. The van der Waals surface area contributed by atoms with Crippen LogP contribution in [0.25, 0.3) is 11.1 Å². The second-order valence-corrected chi connectivity index (χ2v) is 6.44. The van der Waals surface area contributed by atoms with Crippen LogP contribution in [-0.2, 0) is 10.2 Å². The molecule has 0 atom stereocenters. The van der Waals surface area contributed by atoms with Crippen LogP contribution in [-0.4, -0.2) is 17.5 Å². The highest BCUT2D eigenvalue weighted by Gasteiger charge is 2.23. The predicted octanol–water partition coefficient (Wildman–Crippen LogP) is 2.75. The van der Waals surface area contributed by atoms with Crippen molar-refractivity contribution in [3.63, 3.8) is 0 Å². The lowest BCUT2D eigenvalue weighted by Gasteiger charge is -2.23. The highest BCUT2D eigenvalue weighted by molar-refractivity contribution is 5.77. The molecular formula is C19H22N4O2. The minimum absolute atomic E-state index is 0.151. The number of nitrogens with two attached hydrogens (primary N) is 2. The zero-order chi connectivity index (χ0) is 18.6. The van der Waals surface area contributed by atoms with Crippen molar-refractivity contribution < 1.29 is 9.53 Å². The summed E-state index contributed by atoms with van der Waals surface area (Å²) in [6.07, 6.45) is 0.894. The van der Waals surface area contributed by atoms with Crippen molar-refractivity contribution in [1.29, 1.82) is 5.26 Å². The molecule has 0 aliphatic carbocycles. The number of aromatic nitrogens is 1. The maximum absolute atomic E-state index is 10.8. The number of hydrogen-bond acceptors (Lipinski definition) is 5. The zero-order valence-corrected chi connectivity index (χ0v) is 14.7. The van der Waals surface area contributed by atoms with E-state index in [-0.39, 0.29) is 17.8 Å². The Labute approximate surface area is 147 Å². The van der Waals surface area contributed by atoms with Crippen molar-refractivity contribution in [2.24, 2.45) is 5.73 Å². The number of nitrogen functional groups attached to an aromatic ring is 1. The highest BCUT2D eigenvalue weighted by atomic mass is 16.5. The van der Waals surface area contributed by atoms with E-state index in [2.05, 4.69) is 31.8 Å². The molecule has 1 heterocycles. The second-order valence-electron chi connectivity index (χ2n) is 6.44. The van der Waals surface area contributed by atoms with Crippen molar-refractivity contribution >= 4 is 11.7 Å². The average Bonchev–Trinajstić information content (AvgIpc) is 2.59. The third-order valence-electron chi connectivity index (χ3n) is 4.28. The number of ether oxygens (including phenoxy) is 1. The van der Waals surface area contributed by atoms with Gasteiger partial charge in [0.1, 0.15) is 23.2 Å². The minimum Gasteiger partial charge on any atom is -0.484 e. The highest BCUT2D eigenvalue weighted by Crippen LogP contribution is 2.33. The maximum atomic E-state index is 10.8. The fourth-order valence-electron chi connectivity index (χ4n) is 2.32. The summed E-state index contributed by atoms with van der Waals surface area (Å²) in [7, 11) is 0. The van der Waals surface area contributed by atoms with Crippen LogP contribution in [0, 0.1) is 11.3 Å². The Morgan fingerprint density at radius 2 is 1.96 bits per heavy atom. The maximum Gasteiger partial charge on any atom is 0.255 e. The number of pyridine rings is 1. The van der Waals surface area contributed by atoms with Crippen LogP contribution in [0.2, 0.25) is 0 Å². The number of hydrogen-bond donors (Lipinski definition) is 2. The van der Waals surface area contributed by atoms with Gasteiger partial charge in [0, 0.05) is 16.7 Å². The molecule has 0 aliphatic rings. The minimum atomic E-state index is -0.538. The SMILES string of the molecule is CCC(C)(C)c1cc(-c2ccc(OCC(N)=O)cc2)c(C#N)c(N)n1. The molecule has 0 radical (unpaired) electrons. The summed E-state index contributed by atoms with van der Waals surface area (Å²) in [6, 6.07) is 11.1. The molecule has 4 N–H and O–H groups in total. The van der Waals surface area contributed by atoms with Crippen molar-refractivity contribution in [2.75, 3.05) is 12.3 Å². The molecule has 0 spiro atoms. The fourth-order valence-corrected chi connectivity index (χ4v) is 2.32. The summed E-state index contributed by atoms with van der Waals surface area (Å²) in [5.74, 6) is 0.215. The number of nitriles is 1. The van der Waals surface area contributed by atoms with Gasteiger partial charge in [0.2, 0.25) is 0 Å². The van der Waals surface area contributed by atoms with E-state index in [1.807, 2.05) is 18.2 Å². The van der Waals surface area contributed by atoms with Gasteiger partial charge in [-0.15, -0.1) is 0 Å². The lowest BCUT2D eigenvalue weighted by molar-refractivity contribution is -0.119.